The van der Waals surface area contributed by atoms with E-state index < -0.39 is 0 Å². The molecular weight excluding hydrogens is 248 g/mol. The Balaban J connectivity index is 2.49. The van der Waals surface area contributed by atoms with Gasteiger partial charge in [-0.05, 0) is 19.8 Å². The first kappa shape index (κ1) is 13.3. The highest BCUT2D eigenvalue weighted by Crippen LogP contribution is 2.26. The number of halogens is 1. The molecule has 2 aromatic rings. The molecule has 0 aliphatic heterocycles. The average molecular weight is 267 g/mol. The topological polar surface area (TPSA) is 43.6 Å². The Morgan fingerprint density at radius 2 is 1.89 bits per heavy atom. The van der Waals surface area contributed by atoms with E-state index in [1.54, 1.807) is 0 Å². The van der Waals surface area contributed by atoms with Crippen molar-refractivity contribution >= 4 is 22.8 Å². The lowest BCUT2D eigenvalue weighted by molar-refractivity contribution is 0.433. The molecule has 0 aromatic carbocycles. The van der Waals surface area contributed by atoms with Crippen LogP contribution in [-0.2, 0) is 0 Å². The molecule has 0 radical (unpaired) electrons. The molecule has 5 heteroatoms. The van der Waals surface area contributed by atoms with Crippen molar-refractivity contribution < 1.29 is 0 Å². The number of hydrogen-bond donors (Lipinski definition) is 0. The Bertz CT molecular complexity index is 529. The quantitative estimate of drug-likeness (QED) is 0.770. The summed E-state index contributed by atoms with van der Waals surface area (Å²) in [6.45, 7) is 6.27. The summed E-state index contributed by atoms with van der Waals surface area (Å²) in [4.78, 5) is 13.0. The normalized spacial score (nSPS) is 11.6. The molecule has 4 nitrogen and oxygen atoms in total. The van der Waals surface area contributed by atoms with Gasteiger partial charge in [0.05, 0.1) is 6.33 Å². The minimum Gasteiger partial charge on any atom is -0.312 e. The molecule has 0 saturated heterocycles. The van der Waals surface area contributed by atoms with Crippen LogP contribution < -0.4 is 0 Å². The van der Waals surface area contributed by atoms with E-state index in [4.69, 9.17) is 11.6 Å². The summed E-state index contributed by atoms with van der Waals surface area (Å²) in [5, 5.41) is 0.447. The molecule has 2 heterocycles. The average Bonchev–Trinajstić information content (AvgIpc) is 2.72. The van der Waals surface area contributed by atoms with Gasteiger partial charge in [-0.25, -0.2) is 15.0 Å². The van der Waals surface area contributed by atoms with Gasteiger partial charge in [-0.1, -0.05) is 38.3 Å². The zero-order valence-corrected chi connectivity index (χ0v) is 11.9. The third-order valence-corrected chi connectivity index (χ3v) is 3.39. The van der Waals surface area contributed by atoms with Crippen LogP contribution in [0.2, 0.25) is 5.15 Å². The van der Waals surface area contributed by atoms with Gasteiger partial charge in [0.2, 0.25) is 0 Å². The largest absolute Gasteiger partial charge is 0.312 e. The number of rotatable bonds is 5. The van der Waals surface area contributed by atoms with Crippen LogP contribution in [0.5, 0.6) is 0 Å². The minimum atomic E-state index is 0.447. The number of aryl methyl sites for hydroxylation is 1. The minimum absolute atomic E-state index is 0.447. The first-order valence-corrected chi connectivity index (χ1v) is 6.91. The Kier molecular flexibility index (Phi) is 4.17. The monoisotopic (exact) mass is 266 g/mol. The van der Waals surface area contributed by atoms with Gasteiger partial charge in [-0.2, -0.15) is 0 Å². The van der Waals surface area contributed by atoms with E-state index in [0.717, 1.165) is 31.3 Å². The van der Waals surface area contributed by atoms with Crippen LogP contribution >= 0.6 is 11.6 Å². The molecule has 0 aliphatic carbocycles. The zero-order valence-electron chi connectivity index (χ0n) is 11.1. The summed E-state index contributed by atoms with van der Waals surface area (Å²) in [5.41, 5.74) is 1.57. The van der Waals surface area contributed by atoms with Crippen molar-refractivity contribution in [3.8, 4) is 0 Å². The van der Waals surface area contributed by atoms with Crippen molar-refractivity contribution in [2.24, 2.45) is 0 Å². The maximum atomic E-state index is 6.11. The lowest BCUT2D eigenvalue weighted by atomic mass is 10.1. The van der Waals surface area contributed by atoms with E-state index in [1.807, 2.05) is 13.3 Å². The predicted molar refractivity (Wildman–Crippen MR) is 73.9 cm³/mol. The van der Waals surface area contributed by atoms with Gasteiger partial charge in [0.1, 0.15) is 11.3 Å². The number of hydrogen-bond acceptors (Lipinski definition) is 3. The van der Waals surface area contributed by atoms with E-state index in [0.29, 0.717) is 22.5 Å². The van der Waals surface area contributed by atoms with E-state index in [2.05, 4.69) is 33.4 Å². The highest BCUT2D eigenvalue weighted by Gasteiger charge is 2.16. The van der Waals surface area contributed by atoms with Gasteiger partial charge in [0.25, 0.3) is 0 Å². The summed E-state index contributed by atoms with van der Waals surface area (Å²) in [6, 6.07) is 0.454. The van der Waals surface area contributed by atoms with Crippen molar-refractivity contribution in [1.29, 1.82) is 0 Å². The summed E-state index contributed by atoms with van der Waals surface area (Å²) in [7, 11) is 0. The van der Waals surface area contributed by atoms with Gasteiger partial charge in [0.15, 0.2) is 10.8 Å². The van der Waals surface area contributed by atoms with Crippen LogP contribution in [0, 0.1) is 6.92 Å². The fourth-order valence-corrected chi connectivity index (χ4v) is 2.60. The van der Waals surface area contributed by atoms with Gasteiger partial charge < -0.3 is 4.57 Å². The highest BCUT2D eigenvalue weighted by molar-refractivity contribution is 6.33. The molecule has 0 atom stereocenters. The van der Waals surface area contributed by atoms with Crippen molar-refractivity contribution in [3.05, 3.63) is 17.3 Å². The standard InChI is InChI=1S/C13H19ClN4/c1-4-6-10(7-5-2)18-8-15-11-12(14)16-9(3)17-13(11)18/h8,10H,4-7H2,1-3H3. The van der Waals surface area contributed by atoms with Gasteiger partial charge in [0, 0.05) is 6.04 Å². The summed E-state index contributed by atoms with van der Waals surface area (Å²) in [6.07, 6.45) is 6.44. The van der Waals surface area contributed by atoms with Crippen molar-refractivity contribution in [3.63, 3.8) is 0 Å². The van der Waals surface area contributed by atoms with Crippen molar-refractivity contribution in [1.82, 2.24) is 19.5 Å². The zero-order chi connectivity index (χ0) is 13.1. The molecule has 0 bridgehead atoms. The molecule has 0 aliphatic rings. The molecular formula is C13H19ClN4. The van der Waals surface area contributed by atoms with Crippen LogP contribution in [0.4, 0.5) is 0 Å². The molecule has 0 amide bonds. The van der Waals surface area contributed by atoms with Crippen molar-refractivity contribution in [2.45, 2.75) is 52.5 Å². The van der Waals surface area contributed by atoms with Crippen molar-refractivity contribution in [2.75, 3.05) is 0 Å². The molecule has 98 valence electrons. The summed E-state index contributed by atoms with van der Waals surface area (Å²) >= 11 is 6.11. The maximum Gasteiger partial charge on any atom is 0.165 e. The molecule has 0 spiro atoms. The Hall–Kier alpha value is -1.16. The van der Waals surface area contributed by atoms with E-state index >= 15 is 0 Å². The fourth-order valence-electron chi connectivity index (χ4n) is 2.34. The van der Waals surface area contributed by atoms with Crippen LogP contribution in [-0.4, -0.2) is 19.5 Å². The fraction of sp³-hybridized carbons (Fsp3) is 0.615. The van der Waals surface area contributed by atoms with Crippen LogP contribution in [0.15, 0.2) is 6.33 Å². The number of imidazole rings is 1. The van der Waals surface area contributed by atoms with Gasteiger partial charge in [-0.3, -0.25) is 0 Å². The van der Waals surface area contributed by atoms with E-state index in [1.165, 1.54) is 0 Å². The lowest BCUT2D eigenvalue weighted by Crippen LogP contribution is -2.08. The number of aromatic nitrogens is 4. The molecule has 0 unspecified atom stereocenters. The Morgan fingerprint density at radius 1 is 1.22 bits per heavy atom. The highest BCUT2D eigenvalue weighted by atomic mass is 35.5. The van der Waals surface area contributed by atoms with Crippen LogP contribution in [0.25, 0.3) is 11.2 Å². The second-order valence-corrected chi connectivity index (χ2v) is 4.97. The first-order chi connectivity index (χ1) is 8.67. The second kappa shape index (κ2) is 5.65. The number of fused-ring (bicyclic) bond motifs is 1. The molecule has 0 saturated carbocycles. The molecule has 0 fully saturated rings. The number of nitrogens with zero attached hydrogens (tertiary/aromatic N) is 4. The third kappa shape index (κ3) is 2.48. The van der Waals surface area contributed by atoms with Gasteiger partial charge >= 0.3 is 0 Å². The maximum absolute atomic E-state index is 6.11. The first-order valence-electron chi connectivity index (χ1n) is 6.54. The van der Waals surface area contributed by atoms with E-state index in [-0.39, 0.29) is 0 Å². The SMILES string of the molecule is CCCC(CCC)n1cnc2c(Cl)nc(C)nc21. The van der Waals surface area contributed by atoms with E-state index in [9.17, 15) is 0 Å². The molecule has 18 heavy (non-hydrogen) atoms. The molecule has 2 rings (SSSR count). The molecule has 2 aromatic heterocycles. The Morgan fingerprint density at radius 3 is 2.50 bits per heavy atom. The Labute approximate surface area is 112 Å². The second-order valence-electron chi connectivity index (χ2n) is 4.62. The summed E-state index contributed by atoms with van der Waals surface area (Å²) in [5.74, 6) is 0.695. The molecule has 0 N–H and O–H groups in total. The van der Waals surface area contributed by atoms with Crippen LogP contribution in [0.1, 0.15) is 51.4 Å². The lowest BCUT2D eigenvalue weighted by Gasteiger charge is -2.17. The smallest absolute Gasteiger partial charge is 0.165 e. The predicted octanol–water partition coefficient (Wildman–Crippen LogP) is 3.93. The third-order valence-electron chi connectivity index (χ3n) is 3.13. The van der Waals surface area contributed by atoms with Gasteiger partial charge in [-0.15, -0.1) is 0 Å². The summed E-state index contributed by atoms with van der Waals surface area (Å²) < 4.78 is 2.16. The van der Waals surface area contributed by atoms with Crippen LogP contribution in [0.3, 0.4) is 0 Å².